The molecule has 0 saturated carbocycles. The Morgan fingerprint density at radius 3 is 1.46 bits per heavy atom. The standard InChI is InChI=1S/C12H15Cl2N3.C12H16ClN3O.CH2Cl2.Cl2OS/c1-8(2)5-6-17-9-3-4-10(14)15-12(9)16-11(17)7-13;1-8(2)5-6-16-9-3-4-10(13)14-12(9)15-11(16)7-17;2-1-3;1-4(2)3/h3-4,8H,5-7H2,1-2H3;3-4,8,17H,5-7H2,1-2H3;1H2;. The molecule has 0 radical (unpaired) electrons. The topological polar surface area (TPSA) is 98.7 Å². The van der Waals surface area contributed by atoms with Crippen LogP contribution in [0.15, 0.2) is 24.3 Å². The van der Waals surface area contributed by atoms with E-state index in [1.807, 2.05) is 16.7 Å². The number of fused-ring (bicyclic) bond motifs is 2. The highest BCUT2D eigenvalue weighted by molar-refractivity contribution is 8.26. The fourth-order valence-electron chi connectivity index (χ4n) is 3.56. The number of nitrogens with zero attached hydrogens (tertiary/aromatic N) is 6. The van der Waals surface area contributed by atoms with E-state index in [2.05, 4.69) is 73.6 Å². The van der Waals surface area contributed by atoms with E-state index in [1.165, 1.54) is 0 Å². The maximum absolute atomic E-state index is 9.31. The van der Waals surface area contributed by atoms with Gasteiger partial charge in [0.25, 0.3) is 0 Å². The number of aromatic nitrogens is 6. The molecule has 230 valence electrons. The molecule has 0 unspecified atom stereocenters. The summed E-state index contributed by atoms with van der Waals surface area (Å²) in [5.41, 5.74) is 3.21. The van der Waals surface area contributed by atoms with Gasteiger partial charge in [-0.05, 0) is 48.9 Å². The first-order valence-corrected chi connectivity index (χ1v) is 17.6. The molecule has 0 bridgehead atoms. The minimum absolute atomic E-state index is 0.0773. The molecular weight excluding hydrogens is 697 g/mol. The molecule has 4 rings (SSSR count). The number of aryl methyl sites for hydroxylation is 2. The zero-order chi connectivity index (χ0) is 31.1. The number of aliphatic hydroxyl groups is 1. The Hall–Kier alpha value is -0.620. The van der Waals surface area contributed by atoms with Gasteiger partial charge in [0.1, 0.15) is 28.6 Å². The second-order valence-corrected chi connectivity index (χ2v) is 13.6. The third kappa shape index (κ3) is 13.7. The third-order valence-electron chi connectivity index (χ3n) is 5.44. The SMILES string of the molecule is CC(C)CCn1c(CCl)nc2nc(Cl)ccc21.CC(C)CCn1c(CO)nc2nc(Cl)ccc21.ClCCl.O=S(Cl)Cl. The fourth-order valence-corrected chi connectivity index (χ4v) is 4.05. The summed E-state index contributed by atoms with van der Waals surface area (Å²) in [6, 6.07) is 7.39. The quantitative estimate of drug-likeness (QED) is 0.111. The van der Waals surface area contributed by atoms with Gasteiger partial charge in [0.15, 0.2) is 11.3 Å². The first-order chi connectivity index (χ1) is 19.4. The smallest absolute Gasteiger partial charge is 0.211 e. The lowest BCUT2D eigenvalue weighted by atomic mass is 10.1. The Morgan fingerprint density at radius 1 is 0.756 bits per heavy atom. The van der Waals surface area contributed by atoms with Crippen LogP contribution in [0.1, 0.15) is 52.2 Å². The zero-order valence-electron chi connectivity index (χ0n) is 23.0. The van der Waals surface area contributed by atoms with Crippen molar-refractivity contribution in [1.29, 1.82) is 0 Å². The Kier molecular flexibility index (Phi) is 19.1. The van der Waals surface area contributed by atoms with Crippen molar-refractivity contribution in [3.63, 3.8) is 0 Å². The fraction of sp³-hybridized carbons (Fsp3) is 0.520. The van der Waals surface area contributed by atoms with Gasteiger partial charge in [-0.25, -0.2) is 24.1 Å². The van der Waals surface area contributed by atoms with Crippen LogP contribution in [-0.2, 0) is 34.8 Å². The van der Waals surface area contributed by atoms with E-state index >= 15 is 0 Å². The van der Waals surface area contributed by atoms with Gasteiger partial charge in [-0.1, -0.05) is 50.9 Å². The molecule has 1 N–H and O–H groups in total. The highest BCUT2D eigenvalue weighted by Gasteiger charge is 2.12. The van der Waals surface area contributed by atoms with Crippen LogP contribution < -0.4 is 0 Å². The summed E-state index contributed by atoms with van der Waals surface area (Å²) in [5.74, 6) is 3.16. The molecule has 8 nitrogen and oxygen atoms in total. The van der Waals surface area contributed by atoms with Crippen molar-refractivity contribution < 1.29 is 9.32 Å². The van der Waals surface area contributed by atoms with Gasteiger partial charge in [0.05, 0.1) is 22.3 Å². The maximum atomic E-state index is 9.31. The molecule has 0 saturated heterocycles. The van der Waals surface area contributed by atoms with Gasteiger partial charge in [-0.15, -0.1) is 34.8 Å². The van der Waals surface area contributed by atoms with Gasteiger partial charge >= 0.3 is 0 Å². The van der Waals surface area contributed by atoms with Crippen molar-refractivity contribution in [3.8, 4) is 0 Å². The first-order valence-electron chi connectivity index (χ1n) is 12.4. The van der Waals surface area contributed by atoms with Gasteiger partial charge in [0.2, 0.25) is 9.23 Å². The molecule has 0 aromatic carbocycles. The van der Waals surface area contributed by atoms with Crippen LogP contribution in [0.25, 0.3) is 22.3 Å². The molecule has 41 heavy (non-hydrogen) atoms. The number of halogens is 7. The molecule has 0 spiro atoms. The lowest BCUT2D eigenvalue weighted by molar-refractivity contribution is 0.264. The van der Waals surface area contributed by atoms with Gasteiger partial charge < -0.3 is 14.2 Å². The van der Waals surface area contributed by atoms with Crippen molar-refractivity contribution in [1.82, 2.24) is 29.1 Å². The molecule has 0 aliphatic heterocycles. The molecule has 0 aliphatic carbocycles. The molecule has 0 amide bonds. The molecule has 4 aromatic heterocycles. The van der Waals surface area contributed by atoms with Gasteiger partial charge in [-0.2, -0.15) is 0 Å². The zero-order valence-corrected chi connectivity index (χ0v) is 29.1. The number of hydrogen-bond acceptors (Lipinski definition) is 6. The van der Waals surface area contributed by atoms with Crippen LogP contribution in [-0.4, -0.2) is 43.7 Å². The molecule has 4 aromatic rings. The van der Waals surface area contributed by atoms with Crippen molar-refractivity contribution >= 4 is 111 Å². The summed E-state index contributed by atoms with van der Waals surface area (Å²) in [5, 5.41) is 10.4. The maximum Gasteiger partial charge on any atom is 0.211 e. The average Bonchev–Trinajstić information content (AvgIpc) is 3.42. The van der Waals surface area contributed by atoms with Crippen LogP contribution in [0, 0.1) is 11.8 Å². The lowest BCUT2D eigenvalue weighted by Crippen LogP contribution is -2.06. The third-order valence-corrected chi connectivity index (χ3v) is 6.10. The molecular formula is C25H33Cl7N6O2S. The number of imidazole rings is 2. The molecule has 0 fully saturated rings. The summed E-state index contributed by atoms with van der Waals surface area (Å²) in [6.45, 7) is 10.4. The van der Waals surface area contributed by atoms with Gasteiger partial charge in [0, 0.05) is 34.5 Å². The van der Waals surface area contributed by atoms with Crippen LogP contribution in [0.2, 0.25) is 10.3 Å². The van der Waals surface area contributed by atoms with Crippen molar-refractivity contribution in [2.45, 2.75) is 66.1 Å². The molecule has 0 aliphatic rings. The second kappa shape index (κ2) is 20.4. The highest BCUT2D eigenvalue weighted by Crippen LogP contribution is 2.20. The van der Waals surface area contributed by atoms with Crippen LogP contribution in [0.3, 0.4) is 0 Å². The monoisotopic (exact) mass is 726 g/mol. The minimum atomic E-state index is -1.67. The summed E-state index contributed by atoms with van der Waals surface area (Å²) < 4.78 is 13.2. The van der Waals surface area contributed by atoms with E-state index in [4.69, 9.17) is 62.2 Å². The summed E-state index contributed by atoms with van der Waals surface area (Å²) >= 11 is 27.1. The second-order valence-electron chi connectivity index (χ2n) is 9.25. The summed E-state index contributed by atoms with van der Waals surface area (Å²) in [6.07, 6.45) is 2.14. The van der Waals surface area contributed by atoms with Crippen molar-refractivity contribution in [3.05, 3.63) is 46.2 Å². The molecule has 0 atom stereocenters. The van der Waals surface area contributed by atoms with E-state index in [-0.39, 0.29) is 11.9 Å². The minimum Gasteiger partial charge on any atom is -0.388 e. The van der Waals surface area contributed by atoms with E-state index in [0.29, 0.717) is 45.1 Å². The van der Waals surface area contributed by atoms with Crippen LogP contribution in [0.4, 0.5) is 0 Å². The van der Waals surface area contributed by atoms with Crippen LogP contribution in [0.5, 0.6) is 0 Å². The van der Waals surface area contributed by atoms with E-state index in [1.54, 1.807) is 12.1 Å². The first kappa shape index (κ1) is 38.4. The summed E-state index contributed by atoms with van der Waals surface area (Å²) in [7, 11) is 7.36. The number of alkyl halides is 3. The Labute approximate surface area is 277 Å². The Balaban J connectivity index is 0.000000335. The predicted molar refractivity (Wildman–Crippen MR) is 176 cm³/mol. The van der Waals surface area contributed by atoms with Gasteiger partial charge in [-0.3, -0.25) is 0 Å². The molecule has 4 heterocycles. The largest absolute Gasteiger partial charge is 0.388 e. The van der Waals surface area contributed by atoms with E-state index in [0.717, 1.165) is 42.8 Å². The highest BCUT2D eigenvalue weighted by atomic mass is 36.0. The number of aliphatic hydroxyl groups excluding tert-OH is 1. The van der Waals surface area contributed by atoms with Crippen molar-refractivity contribution in [2.24, 2.45) is 11.8 Å². The number of pyridine rings is 2. The Morgan fingerprint density at radius 2 is 1.12 bits per heavy atom. The average molecular weight is 730 g/mol. The van der Waals surface area contributed by atoms with E-state index in [9.17, 15) is 5.11 Å². The summed E-state index contributed by atoms with van der Waals surface area (Å²) in [4.78, 5) is 17.1. The van der Waals surface area contributed by atoms with E-state index < -0.39 is 9.23 Å². The predicted octanol–water partition coefficient (Wildman–Crippen LogP) is 8.96. The number of hydrogen-bond donors (Lipinski definition) is 1. The van der Waals surface area contributed by atoms with Crippen LogP contribution >= 0.6 is 79.4 Å². The number of rotatable bonds is 8. The normalized spacial score (nSPS) is 10.9. The lowest BCUT2D eigenvalue weighted by Gasteiger charge is -2.09. The Bertz CT molecular complexity index is 1270. The molecule has 16 heteroatoms. The van der Waals surface area contributed by atoms with Crippen molar-refractivity contribution in [2.75, 3.05) is 5.34 Å².